The molecule has 1 N–H and O–H groups in total. The van der Waals surface area contributed by atoms with E-state index < -0.39 is 34.4 Å². The summed E-state index contributed by atoms with van der Waals surface area (Å²) in [5.74, 6) is -3.76. The molecule has 0 aliphatic carbocycles. The summed E-state index contributed by atoms with van der Waals surface area (Å²) < 4.78 is -0.413. The molecule has 1 aromatic rings. The van der Waals surface area contributed by atoms with Gasteiger partial charge in [0.15, 0.2) is 11.6 Å². The highest BCUT2D eigenvalue weighted by molar-refractivity contribution is 8.01. The number of thioether (sulfide) groups is 1. The second-order valence-corrected chi connectivity index (χ2v) is 9.53. The Hall–Kier alpha value is -1.67. The van der Waals surface area contributed by atoms with Crippen molar-refractivity contribution >= 4 is 46.5 Å². The SMILES string of the molecule is CC(=O)[C@@H]1N2C(=O)[C@@H](CC(=O)C(C(=O)O)c3ccsc3)[C@H]2SC1(C)C. The molecule has 0 spiro atoms. The van der Waals surface area contributed by atoms with Crippen LogP contribution in [0, 0.1) is 5.92 Å². The van der Waals surface area contributed by atoms with Crippen LogP contribution in [0.5, 0.6) is 0 Å². The zero-order valence-corrected chi connectivity index (χ0v) is 15.7. The van der Waals surface area contributed by atoms with Gasteiger partial charge in [-0.1, -0.05) is 0 Å². The Morgan fingerprint density at radius 2 is 2.04 bits per heavy atom. The van der Waals surface area contributed by atoms with Crippen LogP contribution in [0.1, 0.15) is 38.7 Å². The van der Waals surface area contributed by atoms with Crippen molar-refractivity contribution < 1.29 is 24.3 Å². The minimum absolute atomic E-state index is 0.0696. The average Bonchev–Trinajstić information content (AvgIpc) is 3.09. The molecule has 3 heterocycles. The molecule has 4 atom stereocenters. The number of carbonyl (C=O) groups is 4. The van der Waals surface area contributed by atoms with Gasteiger partial charge in [-0.05, 0) is 43.2 Å². The van der Waals surface area contributed by atoms with Gasteiger partial charge >= 0.3 is 5.97 Å². The first-order valence-corrected chi connectivity index (χ1v) is 9.75. The topological polar surface area (TPSA) is 91.8 Å². The number of ketones is 2. The number of Topliss-reactive ketones (excluding diaryl/α,β-unsaturated/α-hetero) is 2. The molecule has 3 rings (SSSR count). The van der Waals surface area contributed by atoms with Gasteiger partial charge in [0.1, 0.15) is 12.0 Å². The largest absolute Gasteiger partial charge is 0.480 e. The molecule has 6 nitrogen and oxygen atoms in total. The molecule has 0 bridgehead atoms. The minimum atomic E-state index is -1.24. The Labute approximate surface area is 153 Å². The zero-order valence-electron chi connectivity index (χ0n) is 14.1. The van der Waals surface area contributed by atoms with Gasteiger partial charge in [-0.25, -0.2) is 0 Å². The van der Waals surface area contributed by atoms with Gasteiger partial charge in [-0.15, -0.1) is 11.8 Å². The molecule has 1 unspecified atom stereocenters. The van der Waals surface area contributed by atoms with Crippen molar-refractivity contribution in [1.82, 2.24) is 4.90 Å². The normalized spacial score (nSPS) is 28.2. The van der Waals surface area contributed by atoms with Crippen molar-refractivity contribution in [3.05, 3.63) is 22.4 Å². The second-order valence-electron chi connectivity index (χ2n) is 6.98. The van der Waals surface area contributed by atoms with E-state index in [1.165, 1.54) is 30.0 Å². The lowest BCUT2D eigenvalue weighted by molar-refractivity contribution is -0.159. The van der Waals surface area contributed by atoms with Crippen molar-refractivity contribution in [2.45, 2.75) is 49.3 Å². The number of amides is 1. The number of carboxylic acids is 1. The fourth-order valence-electron chi connectivity index (χ4n) is 3.79. The van der Waals surface area contributed by atoms with E-state index in [4.69, 9.17) is 0 Å². The van der Waals surface area contributed by atoms with Gasteiger partial charge in [-0.2, -0.15) is 11.3 Å². The Balaban J connectivity index is 1.77. The van der Waals surface area contributed by atoms with E-state index in [1.54, 1.807) is 21.7 Å². The molecule has 2 fully saturated rings. The number of carboxylic acid groups (broad SMARTS) is 1. The zero-order chi connectivity index (χ0) is 18.5. The maximum atomic E-state index is 12.6. The van der Waals surface area contributed by atoms with Gasteiger partial charge < -0.3 is 10.0 Å². The van der Waals surface area contributed by atoms with Crippen LogP contribution in [0.25, 0.3) is 0 Å². The van der Waals surface area contributed by atoms with E-state index in [2.05, 4.69) is 0 Å². The number of rotatable bonds is 6. The molecule has 2 aliphatic rings. The average molecular weight is 381 g/mol. The standard InChI is InChI=1S/C17H19NO5S2/c1-8(19)13-17(2,3)25-15-10(14(21)18(13)15)6-11(20)12(16(22)23)9-4-5-24-7-9/h4-5,7,10,12-13,15H,6H2,1-3H3,(H,22,23)/t10-,12?,13+,15-/m1/s1. The summed E-state index contributed by atoms with van der Waals surface area (Å²) in [6.45, 7) is 5.30. The minimum Gasteiger partial charge on any atom is -0.480 e. The maximum absolute atomic E-state index is 12.6. The first-order valence-electron chi connectivity index (χ1n) is 7.93. The summed E-state index contributed by atoms with van der Waals surface area (Å²) in [4.78, 5) is 50.1. The van der Waals surface area contributed by atoms with Gasteiger partial charge in [0.25, 0.3) is 0 Å². The summed E-state index contributed by atoms with van der Waals surface area (Å²) in [5.41, 5.74) is 0.451. The summed E-state index contributed by atoms with van der Waals surface area (Å²) in [7, 11) is 0. The lowest BCUT2D eigenvalue weighted by Gasteiger charge is -2.44. The van der Waals surface area contributed by atoms with Crippen molar-refractivity contribution in [1.29, 1.82) is 0 Å². The molecule has 2 aliphatic heterocycles. The molecular formula is C17H19NO5S2. The Morgan fingerprint density at radius 1 is 1.36 bits per heavy atom. The first-order chi connectivity index (χ1) is 11.6. The molecule has 1 amide bonds. The Bertz CT molecular complexity index is 742. The number of nitrogens with zero attached hydrogens (tertiary/aromatic N) is 1. The Morgan fingerprint density at radius 3 is 2.56 bits per heavy atom. The van der Waals surface area contributed by atoms with Crippen LogP contribution in [0.2, 0.25) is 0 Å². The third-order valence-corrected chi connectivity index (χ3v) is 7.13. The molecule has 134 valence electrons. The van der Waals surface area contributed by atoms with Gasteiger partial charge in [0, 0.05) is 11.2 Å². The van der Waals surface area contributed by atoms with Crippen molar-refractivity contribution in [3.63, 3.8) is 0 Å². The molecule has 0 radical (unpaired) electrons. The predicted molar refractivity (Wildman–Crippen MR) is 94.6 cm³/mol. The van der Waals surface area contributed by atoms with Crippen LogP contribution in [0.4, 0.5) is 0 Å². The molecule has 25 heavy (non-hydrogen) atoms. The second kappa shape index (κ2) is 6.25. The van der Waals surface area contributed by atoms with Gasteiger partial charge in [0.2, 0.25) is 5.91 Å². The fourth-order valence-corrected chi connectivity index (χ4v) is 6.22. The summed E-state index contributed by atoms with van der Waals surface area (Å²) in [6.07, 6.45) is -0.111. The third kappa shape index (κ3) is 2.91. The number of β-lactam (4-membered cyclic amide) rings is 1. The van der Waals surface area contributed by atoms with Crippen LogP contribution in [-0.2, 0) is 19.2 Å². The highest BCUT2D eigenvalue weighted by Gasteiger charge is 2.62. The van der Waals surface area contributed by atoms with Gasteiger partial charge in [-0.3, -0.25) is 19.2 Å². The van der Waals surface area contributed by atoms with Crippen molar-refractivity contribution in [2.24, 2.45) is 5.92 Å². The maximum Gasteiger partial charge on any atom is 0.318 e. The molecule has 0 saturated carbocycles. The van der Waals surface area contributed by atoms with E-state index >= 15 is 0 Å². The molecular weight excluding hydrogens is 362 g/mol. The van der Waals surface area contributed by atoms with Crippen LogP contribution in [0.15, 0.2) is 16.8 Å². The molecule has 8 heteroatoms. The molecule has 2 saturated heterocycles. The van der Waals surface area contributed by atoms with Crippen LogP contribution < -0.4 is 0 Å². The summed E-state index contributed by atoms with van der Waals surface area (Å²) >= 11 is 2.84. The number of hydrogen-bond acceptors (Lipinski definition) is 6. The lowest BCUT2D eigenvalue weighted by Crippen LogP contribution is -2.62. The van der Waals surface area contributed by atoms with E-state index in [0.29, 0.717) is 5.56 Å². The molecule has 0 aromatic carbocycles. The van der Waals surface area contributed by atoms with E-state index in [-0.39, 0.29) is 23.5 Å². The van der Waals surface area contributed by atoms with E-state index in [1.807, 2.05) is 13.8 Å². The summed E-state index contributed by atoms with van der Waals surface area (Å²) in [5, 5.41) is 12.5. The van der Waals surface area contributed by atoms with Crippen molar-refractivity contribution in [3.8, 4) is 0 Å². The molecule has 1 aromatic heterocycles. The summed E-state index contributed by atoms with van der Waals surface area (Å²) in [6, 6.07) is 1.13. The van der Waals surface area contributed by atoms with Crippen molar-refractivity contribution in [2.75, 3.05) is 0 Å². The highest BCUT2D eigenvalue weighted by atomic mass is 32.2. The number of fused-ring (bicyclic) bond motifs is 1. The first kappa shape index (κ1) is 18.1. The number of carbonyl (C=O) groups excluding carboxylic acids is 3. The quantitative estimate of drug-likeness (QED) is 0.600. The van der Waals surface area contributed by atoms with Crippen LogP contribution in [-0.4, -0.2) is 49.6 Å². The van der Waals surface area contributed by atoms with E-state index in [9.17, 15) is 24.3 Å². The highest BCUT2D eigenvalue weighted by Crippen LogP contribution is 2.54. The Kier molecular flexibility index (Phi) is 4.53. The smallest absolute Gasteiger partial charge is 0.318 e. The number of thiophene rings is 1. The van der Waals surface area contributed by atoms with E-state index in [0.717, 1.165) is 0 Å². The number of hydrogen-bond donors (Lipinski definition) is 1. The monoisotopic (exact) mass is 381 g/mol. The third-order valence-electron chi connectivity index (χ3n) is 4.80. The fraction of sp³-hybridized carbons (Fsp3) is 0.529. The predicted octanol–water partition coefficient (Wildman–Crippen LogP) is 2.14. The van der Waals surface area contributed by atoms with Crippen LogP contribution >= 0.6 is 23.1 Å². The van der Waals surface area contributed by atoms with Crippen LogP contribution in [0.3, 0.4) is 0 Å². The lowest BCUT2D eigenvalue weighted by atomic mass is 9.83. The number of aliphatic carboxylic acids is 1. The van der Waals surface area contributed by atoms with Gasteiger partial charge in [0.05, 0.1) is 11.3 Å².